The molecule has 0 spiro atoms. The lowest BCUT2D eigenvalue weighted by molar-refractivity contribution is 0.0782. The maximum absolute atomic E-state index is 10.9. The highest BCUT2D eigenvalue weighted by atomic mass is 16.6. The second-order valence-electron chi connectivity index (χ2n) is 4.28. The summed E-state index contributed by atoms with van der Waals surface area (Å²) in [5.74, 6) is 0. The predicted molar refractivity (Wildman–Crippen MR) is 52.5 cm³/mol. The summed E-state index contributed by atoms with van der Waals surface area (Å²) < 4.78 is 5.05. The third-order valence-corrected chi connectivity index (χ3v) is 1.58. The molecule has 3 N–H and O–H groups in total. The van der Waals surface area contributed by atoms with Gasteiger partial charge in [-0.2, -0.15) is 0 Å². The number of rotatable bonds is 3. The van der Waals surface area contributed by atoms with Crippen molar-refractivity contribution < 1.29 is 9.53 Å². The van der Waals surface area contributed by atoms with E-state index in [-0.39, 0.29) is 11.5 Å². The van der Waals surface area contributed by atoms with Gasteiger partial charge in [0.2, 0.25) is 0 Å². The van der Waals surface area contributed by atoms with Crippen LogP contribution in [0.3, 0.4) is 0 Å². The van der Waals surface area contributed by atoms with Gasteiger partial charge in [-0.05, 0) is 11.8 Å². The number of nitrogens with one attached hydrogen (secondary N) is 1. The lowest BCUT2D eigenvalue weighted by atomic mass is 9.89. The molecule has 1 amide bonds. The average Bonchev–Trinajstić information content (AvgIpc) is 2.00. The van der Waals surface area contributed by atoms with Crippen molar-refractivity contribution in [2.75, 3.05) is 13.6 Å². The number of carbonyl (C=O) groups excluding carboxylic acids is 1. The Morgan fingerprint density at radius 2 is 2.08 bits per heavy atom. The molecule has 4 nitrogen and oxygen atoms in total. The van der Waals surface area contributed by atoms with E-state index in [0.29, 0.717) is 6.54 Å². The van der Waals surface area contributed by atoms with Crippen molar-refractivity contribution in [1.82, 2.24) is 5.32 Å². The number of alkyl carbamates (subject to hydrolysis) is 1. The first-order valence-corrected chi connectivity index (χ1v) is 4.47. The van der Waals surface area contributed by atoms with Gasteiger partial charge < -0.3 is 15.8 Å². The Hall–Kier alpha value is -0.770. The third kappa shape index (κ3) is 6.40. The quantitative estimate of drug-likeness (QED) is 0.697. The van der Waals surface area contributed by atoms with Crippen LogP contribution in [-0.4, -0.2) is 25.8 Å². The molecule has 78 valence electrons. The highest BCUT2D eigenvalue weighted by Crippen LogP contribution is 2.21. The molecule has 0 saturated carbocycles. The van der Waals surface area contributed by atoms with Crippen LogP contribution < -0.4 is 11.1 Å². The Bertz CT molecular complexity index is 163. The zero-order chi connectivity index (χ0) is 10.5. The first-order valence-electron chi connectivity index (χ1n) is 4.47. The maximum atomic E-state index is 10.9. The molecule has 0 heterocycles. The first-order chi connectivity index (χ1) is 5.89. The molecule has 0 aromatic heterocycles. The molecule has 1 unspecified atom stereocenters. The van der Waals surface area contributed by atoms with E-state index < -0.39 is 6.09 Å². The fraction of sp³-hybridized carbons (Fsp3) is 0.889. The van der Waals surface area contributed by atoms with Gasteiger partial charge in [0.05, 0.1) is 0 Å². The Kier molecular flexibility index (Phi) is 4.77. The fourth-order valence-corrected chi connectivity index (χ4v) is 1.07. The largest absolute Gasteiger partial charge is 0.445 e. The molecule has 0 fully saturated rings. The number of carbonyl (C=O) groups is 1. The monoisotopic (exact) mass is 188 g/mol. The van der Waals surface area contributed by atoms with Gasteiger partial charge in [0.15, 0.2) is 0 Å². The summed E-state index contributed by atoms with van der Waals surface area (Å²) >= 11 is 0. The molecule has 0 aliphatic rings. The van der Waals surface area contributed by atoms with Gasteiger partial charge in [-0.3, -0.25) is 0 Å². The molecular weight excluding hydrogens is 168 g/mol. The Labute approximate surface area is 79.8 Å². The predicted octanol–water partition coefficient (Wildman–Crippen LogP) is 1.11. The normalized spacial score (nSPS) is 13.6. The van der Waals surface area contributed by atoms with Crippen LogP contribution in [0, 0.1) is 5.41 Å². The summed E-state index contributed by atoms with van der Waals surface area (Å²) in [6.07, 6.45) is 0.163. The molecule has 0 saturated heterocycles. The van der Waals surface area contributed by atoms with Gasteiger partial charge in [-0.15, -0.1) is 0 Å². The molecule has 0 aliphatic carbocycles. The zero-order valence-corrected chi connectivity index (χ0v) is 8.89. The van der Waals surface area contributed by atoms with E-state index in [0.717, 1.165) is 6.42 Å². The lowest BCUT2D eigenvalue weighted by Gasteiger charge is -2.24. The van der Waals surface area contributed by atoms with Crippen molar-refractivity contribution in [2.45, 2.75) is 33.3 Å². The van der Waals surface area contributed by atoms with Crippen molar-refractivity contribution in [3.63, 3.8) is 0 Å². The third-order valence-electron chi connectivity index (χ3n) is 1.58. The van der Waals surface area contributed by atoms with Gasteiger partial charge in [-0.1, -0.05) is 20.8 Å². The van der Waals surface area contributed by atoms with E-state index in [2.05, 4.69) is 26.1 Å². The molecule has 0 aromatic carbocycles. The summed E-state index contributed by atoms with van der Waals surface area (Å²) in [6, 6.07) is 0. The highest BCUT2D eigenvalue weighted by Gasteiger charge is 2.20. The number of hydrogen-bond donors (Lipinski definition) is 2. The van der Waals surface area contributed by atoms with E-state index in [1.165, 1.54) is 7.05 Å². The van der Waals surface area contributed by atoms with Crippen LogP contribution in [0.4, 0.5) is 4.79 Å². The molecule has 13 heavy (non-hydrogen) atoms. The van der Waals surface area contributed by atoms with Crippen molar-refractivity contribution in [3.8, 4) is 0 Å². The topological polar surface area (TPSA) is 64.3 Å². The highest BCUT2D eigenvalue weighted by molar-refractivity contribution is 5.66. The molecule has 4 heteroatoms. The van der Waals surface area contributed by atoms with Crippen LogP contribution in [0.25, 0.3) is 0 Å². The molecular formula is C9H20N2O2. The standard InChI is InChI=1S/C9H20N2O2/c1-9(2,3)5-7(6-10)13-8(12)11-4/h7H,5-6,10H2,1-4H3,(H,11,12). The van der Waals surface area contributed by atoms with Crippen molar-refractivity contribution in [3.05, 3.63) is 0 Å². The molecule has 0 radical (unpaired) electrons. The summed E-state index contributed by atoms with van der Waals surface area (Å²) in [5.41, 5.74) is 5.60. The minimum atomic E-state index is -0.417. The van der Waals surface area contributed by atoms with Crippen molar-refractivity contribution in [2.24, 2.45) is 11.1 Å². The van der Waals surface area contributed by atoms with Gasteiger partial charge in [0.1, 0.15) is 6.10 Å². The smallest absolute Gasteiger partial charge is 0.407 e. The van der Waals surface area contributed by atoms with Gasteiger partial charge >= 0.3 is 6.09 Å². The summed E-state index contributed by atoms with van der Waals surface area (Å²) in [4.78, 5) is 10.9. The zero-order valence-electron chi connectivity index (χ0n) is 8.89. The van der Waals surface area contributed by atoms with Crippen molar-refractivity contribution in [1.29, 1.82) is 0 Å². The minimum Gasteiger partial charge on any atom is -0.445 e. The van der Waals surface area contributed by atoms with E-state index in [4.69, 9.17) is 10.5 Å². The van der Waals surface area contributed by atoms with Gasteiger partial charge in [0, 0.05) is 13.6 Å². The lowest BCUT2D eigenvalue weighted by Crippen LogP contribution is -2.34. The van der Waals surface area contributed by atoms with Crippen LogP contribution in [0.1, 0.15) is 27.2 Å². The first kappa shape index (κ1) is 12.2. The number of amides is 1. The second-order valence-corrected chi connectivity index (χ2v) is 4.28. The molecule has 0 bridgehead atoms. The van der Waals surface area contributed by atoms with Crippen LogP contribution in [0.2, 0.25) is 0 Å². The number of hydrogen-bond acceptors (Lipinski definition) is 3. The Balaban J connectivity index is 3.97. The Morgan fingerprint density at radius 3 is 2.38 bits per heavy atom. The maximum Gasteiger partial charge on any atom is 0.407 e. The summed E-state index contributed by atoms with van der Waals surface area (Å²) in [6.45, 7) is 6.62. The van der Waals surface area contributed by atoms with Crippen LogP contribution in [0.5, 0.6) is 0 Å². The molecule has 0 aliphatic heterocycles. The van der Waals surface area contributed by atoms with E-state index in [1.807, 2.05) is 0 Å². The van der Waals surface area contributed by atoms with Crippen molar-refractivity contribution >= 4 is 6.09 Å². The SMILES string of the molecule is CNC(=O)OC(CN)CC(C)(C)C. The van der Waals surface area contributed by atoms with Crippen LogP contribution in [-0.2, 0) is 4.74 Å². The van der Waals surface area contributed by atoms with E-state index >= 15 is 0 Å². The molecule has 0 rings (SSSR count). The fourth-order valence-electron chi connectivity index (χ4n) is 1.07. The Morgan fingerprint density at radius 1 is 1.54 bits per heavy atom. The average molecular weight is 188 g/mol. The summed E-state index contributed by atoms with van der Waals surface area (Å²) in [7, 11) is 1.53. The van der Waals surface area contributed by atoms with E-state index in [9.17, 15) is 4.79 Å². The number of ether oxygens (including phenoxy) is 1. The molecule has 1 atom stereocenters. The van der Waals surface area contributed by atoms with Crippen LogP contribution in [0.15, 0.2) is 0 Å². The van der Waals surface area contributed by atoms with Gasteiger partial charge in [0.25, 0.3) is 0 Å². The number of nitrogens with two attached hydrogens (primary N) is 1. The van der Waals surface area contributed by atoms with Crippen LogP contribution >= 0.6 is 0 Å². The second kappa shape index (κ2) is 5.07. The minimum absolute atomic E-state index is 0.123. The molecule has 0 aromatic rings. The summed E-state index contributed by atoms with van der Waals surface area (Å²) in [5, 5.41) is 2.40. The van der Waals surface area contributed by atoms with E-state index in [1.54, 1.807) is 0 Å². The van der Waals surface area contributed by atoms with Gasteiger partial charge in [-0.25, -0.2) is 4.79 Å².